The van der Waals surface area contributed by atoms with Gasteiger partial charge in [-0.05, 0) is 36.8 Å². The fourth-order valence-electron chi connectivity index (χ4n) is 1.37. The molecule has 0 bridgehead atoms. The molecule has 1 aromatic carbocycles. The molecule has 1 aromatic heterocycles. The maximum atomic E-state index is 13.3. The average Bonchev–Trinajstić information content (AvgIpc) is 2.34. The number of pyridine rings is 1. The lowest BCUT2D eigenvalue weighted by Gasteiger charge is -2.05. The molecule has 0 aliphatic heterocycles. The van der Waals surface area contributed by atoms with E-state index in [4.69, 9.17) is 0 Å². The largest absolute Gasteiger partial charge is 0.322 e. The van der Waals surface area contributed by atoms with Gasteiger partial charge in [0.15, 0.2) is 0 Å². The van der Waals surface area contributed by atoms with E-state index in [0.29, 0.717) is 16.8 Å². The molecule has 0 saturated carbocycles. The number of aryl methyl sites for hydroxylation is 1. The summed E-state index contributed by atoms with van der Waals surface area (Å²) in [7, 11) is 0. The van der Waals surface area contributed by atoms with Crippen molar-refractivity contribution in [3.63, 3.8) is 0 Å². The third-order valence-corrected chi connectivity index (χ3v) is 2.37. The molecule has 86 valence electrons. The molecule has 0 aliphatic carbocycles. The Bertz CT molecular complexity index is 540. The molecule has 1 amide bonds. The summed E-state index contributed by atoms with van der Waals surface area (Å²) in [4.78, 5) is 15.6. The first-order valence-electron chi connectivity index (χ1n) is 5.14. The molecule has 0 spiro atoms. The molecular weight excluding hydrogens is 219 g/mol. The van der Waals surface area contributed by atoms with Crippen molar-refractivity contribution in [1.29, 1.82) is 0 Å². The fraction of sp³-hybridized carbons (Fsp3) is 0.0769. The maximum absolute atomic E-state index is 13.3. The number of aromatic nitrogens is 1. The van der Waals surface area contributed by atoms with E-state index in [1.807, 2.05) is 0 Å². The molecule has 17 heavy (non-hydrogen) atoms. The molecule has 0 saturated heterocycles. The first-order valence-corrected chi connectivity index (χ1v) is 5.14. The molecule has 1 N–H and O–H groups in total. The van der Waals surface area contributed by atoms with Gasteiger partial charge in [0.25, 0.3) is 5.91 Å². The minimum absolute atomic E-state index is 0.296. The van der Waals surface area contributed by atoms with Crippen molar-refractivity contribution in [2.24, 2.45) is 0 Å². The summed E-state index contributed by atoms with van der Waals surface area (Å²) < 4.78 is 13.3. The van der Waals surface area contributed by atoms with Crippen LogP contribution in [-0.2, 0) is 0 Å². The van der Waals surface area contributed by atoms with Crippen molar-refractivity contribution in [3.8, 4) is 0 Å². The maximum Gasteiger partial charge on any atom is 0.255 e. The van der Waals surface area contributed by atoms with Gasteiger partial charge in [0.1, 0.15) is 5.82 Å². The topological polar surface area (TPSA) is 42.0 Å². The molecule has 0 aliphatic rings. The predicted octanol–water partition coefficient (Wildman–Crippen LogP) is 2.78. The Morgan fingerprint density at radius 1 is 1.24 bits per heavy atom. The molecule has 1 heterocycles. The summed E-state index contributed by atoms with van der Waals surface area (Å²) in [5.74, 6) is -0.720. The van der Waals surface area contributed by atoms with Gasteiger partial charge in [-0.2, -0.15) is 0 Å². The second kappa shape index (κ2) is 4.74. The highest BCUT2D eigenvalue weighted by atomic mass is 19.1. The normalized spacial score (nSPS) is 10.0. The van der Waals surface area contributed by atoms with Gasteiger partial charge in [-0.15, -0.1) is 0 Å². The lowest BCUT2D eigenvalue weighted by Crippen LogP contribution is -2.12. The van der Waals surface area contributed by atoms with Gasteiger partial charge in [0, 0.05) is 23.6 Å². The predicted molar refractivity (Wildman–Crippen MR) is 63.3 cm³/mol. The van der Waals surface area contributed by atoms with Crippen molar-refractivity contribution in [2.75, 3.05) is 5.32 Å². The van der Waals surface area contributed by atoms with Crippen molar-refractivity contribution < 1.29 is 9.18 Å². The van der Waals surface area contributed by atoms with Gasteiger partial charge in [-0.25, -0.2) is 4.39 Å². The summed E-state index contributed by atoms with van der Waals surface area (Å²) in [5.41, 5.74) is 1.45. The van der Waals surface area contributed by atoms with Crippen LogP contribution in [0.5, 0.6) is 0 Å². The van der Waals surface area contributed by atoms with Crippen molar-refractivity contribution in [2.45, 2.75) is 6.92 Å². The third kappa shape index (κ3) is 2.66. The first kappa shape index (κ1) is 11.3. The molecule has 0 radical (unpaired) electrons. The van der Waals surface area contributed by atoms with Crippen LogP contribution in [0.4, 0.5) is 10.1 Å². The van der Waals surface area contributed by atoms with E-state index in [1.165, 1.54) is 6.07 Å². The van der Waals surface area contributed by atoms with E-state index in [0.717, 1.165) is 0 Å². The monoisotopic (exact) mass is 230 g/mol. The molecular formula is C13H11FN2O. The number of anilines is 1. The molecule has 3 nitrogen and oxygen atoms in total. The molecule has 0 fully saturated rings. The molecule has 2 aromatic rings. The zero-order chi connectivity index (χ0) is 12.3. The van der Waals surface area contributed by atoms with Gasteiger partial charge < -0.3 is 5.32 Å². The van der Waals surface area contributed by atoms with Crippen LogP contribution in [0.1, 0.15) is 15.9 Å². The number of carbonyl (C=O) groups excluding carboxylic acids is 1. The van der Waals surface area contributed by atoms with Crippen LogP contribution < -0.4 is 5.32 Å². The summed E-state index contributed by atoms with van der Waals surface area (Å²) in [6, 6.07) is 7.74. The number of amides is 1. The van der Waals surface area contributed by atoms with Crippen molar-refractivity contribution in [1.82, 2.24) is 4.98 Å². The van der Waals surface area contributed by atoms with Gasteiger partial charge in [-0.3, -0.25) is 9.78 Å². The number of hydrogen-bond donors (Lipinski definition) is 1. The Morgan fingerprint density at radius 2 is 1.94 bits per heavy atom. The molecule has 4 heteroatoms. The van der Waals surface area contributed by atoms with E-state index in [9.17, 15) is 9.18 Å². The number of hydrogen-bond acceptors (Lipinski definition) is 2. The minimum atomic E-state index is -0.382. The summed E-state index contributed by atoms with van der Waals surface area (Å²) in [6.07, 6.45) is 3.15. The fourth-order valence-corrected chi connectivity index (χ4v) is 1.37. The summed E-state index contributed by atoms with van der Waals surface area (Å²) in [5, 5.41) is 2.66. The first-order chi connectivity index (χ1) is 8.16. The van der Waals surface area contributed by atoms with Crippen LogP contribution in [0.2, 0.25) is 0 Å². The van der Waals surface area contributed by atoms with E-state index in [2.05, 4.69) is 10.3 Å². The van der Waals surface area contributed by atoms with Gasteiger partial charge in [-0.1, -0.05) is 6.07 Å². The quantitative estimate of drug-likeness (QED) is 0.861. The van der Waals surface area contributed by atoms with E-state index in [-0.39, 0.29) is 11.7 Å². The van der Waals surface area contributed by atoms with Crippen LogP contribution in [-0.4, -0.2) is 10.9 Å². The van der Waals surface area contributed by atoms with Gasteiger partial charge >= 0.3 is 0 Å². The highest BCUT2D eigenvalue weighted by Gasteiger charge is 2.08. The van der Waals surface area contributed by atoms with Gasteiger partial charge in [0.05, 0.1) is 0 Å². The smallest absolute Gasteiger partial charge is 0.255 e. The number of halogens is 1. The lowest BCUT2D eigenvalue weighted by atomic mass is 10.1. The number of rotatable bonds is 2. The molecule has 0 atom stereocenters. The van der Waals surface area contributed by atoms with Crippen LogP contribution >= 0.6 is 0 Å². The second-order valence-electron chi connectivity index (χ2n) is 3.65. The SMILES string of the molecule is Cc1ccc(C(=O)Nc2ccncc2)cc1F. The summed E-state index contributed by atoms with van der Waals surface area (Å²) >= 11 is 0. The Balaban J connectivity index is 2.18. The zero-order valence-electron chi connectivity index (χ0n) is 9.27. The van der Waals surface area contributed by atoms with E-state index in [1.54, 1.807) is 43.6 Å². The third-order valence-electron chi connectivity index (χ3n) is 2.37. The lowest BCUT2D eigenvalue weighted by molar-refractivity contribution is 0.102. The molecule has 0 unspecified atom stereocenters. The Hall–Kier alpha value is -2.23. The Labute approximate surface area is 98.3 Å². The van der Waals surface area contributed by atoms with Crippen LogP contribution in [0.15, 0.2) is 42.7 Å². The number of benzene rings is 1. The average molecular weight is 230 g/mol. The standard InChI is InChI=1S/C13H11FN2O/c1-9-2-3-10(8-12(9)14)13(17)16-11-4-6-15-7-5-11/h2-8H,1H3,(H,15,16,17). The van der Waals surface area contributed by atoms with E-state index >= 15 is 0 Å². The Kier molecular flexibility index (Phi) is 3.14. The molecule has 2 rings (SSSR count). The number of nitrogens with one attached hydrogen (secondary N) is 1. The van der Waals surface area contributed by atoms with Crippen molar-refractivity contribution in [3.05, 3.63) is 59.7 Å². The van der Waals surface area contributed by atoms with Crippen LogP contribution in [0.25, 0.3) is 0 Å². The number of carbonyl (C=O) groups is 1. The Morgan fingerprint density at radius 3 is 2.59 bits per heavy atom. The minimum Gasteiger partial charge on any atom is -0.322 e. The van der Waals surface area contributed by atoms with Crippen LogP contribution in [0.3, 0.4) is 0 Å². The van der Waals surface area contributed by atoms with E-state index < -0.39 is 0 Å². The second-order valence-corrected chi connectivity index (χ2v) is 3.65. The van der Waals surface area contributed by atoms with Gasteiger partial charge in [0.2, 0.25) is 0 Å². The zero-order valence-corrected chi connectivity index (χ0v) is 9.27. The van der Waals surface area contributed by atoms with Crippen LogP contribution in [0, 0.1) is 12.7 Å². The van der Waals surface area contributed by atoms with Crippen molar-refractivity contribution >= 4 is 11.6 Å². The summed E-state index contributed by atoms with van der Waals surface area (Å²) in [6.45, 7) is 1.65. The number of nitrogens with zero attached hydrogens (tertiary/aromatic N) is 1. The highest BCUT2D eigenvalue weighted by molar-refractivity contribution is 6.04. The highest BCUT2D eigenvalue weighted by Crippen LogP contribution is 2.11.